The van der Waals surface area contributed by atoms with Crippen LogP contribution in [0.5, 0.6) is 0 Å². The van der Waals surface area contributed by atoms with Crippen molar-refractivity contribution in [2.24, 2.45) is 11.7 Å². The van der Waals surface area contributed by atoms with E-state index in [-0.39, 0.29) is 17.7 Å². The van der Waals surface area contributed by atoms with Gasteiger partial charge in [0.05, 0.1) is 6.04 Å². The second-order valence-electron chi connectivity index (χ2n) is 5.46. The fraction of sp³-hybridized carbons (Fsp3) is 0.529. The second-order valence-corrected chi connectivity index (χ2v) is 5.46. The summed E-state index contributed by atoms with van der Waals surface area (Å²) in [5.41, 5.74) is 7.09. The van der Waals surface area contributed by atoms with Crippen molar-refractivity contribution >= 4 is 17.5 Å². The Kier molecular flexibility index (Phi) is 7.05. The SMILES string of the molecule is CCC(C)C(N)C(=O)Nc1cccc(C(=O)N(CC)CC)c1. The highest BCUT2D eigenvalue weighted by molar-refractivity contribution is 5.98. The molecule has 0 saturated heterocycles. The molecular weight excluding hydrogens is 278 g/mol. The summed E-state index contributed by atoms with van der Waals surface area (Å²) in [6, 6.07) is 6.43. The summed E-state index contributed by atoms with van der Waals surface area (Å²) in [5, 5.41) is 2.79. The molecule has 1 aromatic rings. The van der Waals surface area contributed by atoms with Crippen molar-refractivity contribution in [1.29, 1.82) is 0 Å². The number of nitrogens with one attached hydrogen (secondary N) is 1. The van der Waals surface area contributed by atoms with Crippen LogP contribution in [-0.2, 0) is 4.79 Å². The van der Waals surface area contributed by atoms with Gasteiger partial charge in [0.25, 0.3) is 5.91 Å². The van der Waals surface area contributed by atoms with Gasteiger partial charge in [0.2, 0.25) is 5.91 Å². The Hall–Kier alpha value is -1.88. The van der Waals surface area contributed by atoms with E-state index in [9.17, 15) is 9.59 Å². The van der Waals surface area contributed by atoms with E-state index < -0.39 is 6.04 Å². The van der Waals surface area contributed by atoms with E-state index in [1.807, 2.05) is 27.7 Å². The van der Waals surface area contributed by atoms with Gasteiger partial charge in [-0.25, -0.2) is 0 Å². The van der Waals surface area contributed by atoms with Gasteiger partial charge in [0.15, 0.2) is 0 Å². The third-order valence-corrected chi connectivity index (χ3v) is 3.99. The molecule has 2 unspecified atom stereocenters. The lowest BCUT2D eigenvalue weighted by Crippen LogP contribution is -2.40. The van der Waals surface area contributed by atoms with Crippen LogP contribution >= 0.6 is 0 Å². The third-order valence-electron chi connectivity index (χ3n) is 3.99. The average Bonchev–Trinajstić information content (AvgIpc) is 2.54. The summed E-state index contributed by atoms with van der Waals surface area (Å²) in [5.74, 6) is -0.144. The minimum Gasteiger partial charge on any atom is -0.339 e. The molecule has 0 aliphatic carbocycles. The maximum absolute atomic E-state index is 12.3. The molecule has 0 radical (unpaired) electrons. The Bertz CT molecular complexity index is 512. The van der Waals surface area contributed by atoms with Gasteiger partial charge in [0, 0.05) is 24.3 Å². The molecule has 1 rings (SSSR count). The molecule has 22 heavy (non-hydrogen) atoms. The first-order chi connectivity index (χ1) is 10.4. The molecule has 3 N–H and O–H groups in total. The lowest BCUT2D eigenvalue weighted by atomic mass is 9.99. The molecule has 0 aliphatic heterocycles. The van der Waals surface area contributed by atoms with Crippen LogP contribution in [-0.4, -0.2) is 35.8 Å². The van der Waals surface area contributed by atoms with Gasteiger partial charge >= 0.3 is 0 Å². The van der Waals surface area contributed by atoms with E-state index in [1.54, 1.807) is 29.2 Å². The molecular formula is C17H27N3O2. The van der Waals surface area contributed by atoms with Crippen LogP contribution in [0.4, 0.5) is 5.69 Å². The van der Waals surface area contributed by atoms with E-state index in [2.05, 4.69) is 5.32 Å². The van der Waals surface area contributed by atoms with Gasteiger partial charge in [0.1, 0.15) is 0 Å². The first-order valence-corrected chi connectivity index (χ1v) is 7.90. The zero-order valence-electron chi connectivity index (χ0n) is 13.9. The van der Waals surface area contributed by atoms with E-state index in [0.717, 1.165) is 6.42 Å². The monoisotopic (exact) mass is 305 g/mol. The van der Waals surface area contributed by atoms with Crippen molar-refractivity contribution in [3.05, 3.63) is 29.8 Å². The lowest BCUT2D eigenvalue weighted by Gasteiger charge is -2.20. The van der Waals surface area contributed by atoms with Gasteiger partial charge < -0.3 is 16.0 Å². The highest BCUT2D eigenvalue weighted by Crippen LogP contribution is 2.14. The van der Waals surface area contributed by atoms with Gasteiger partial charge in [-0.2, -0.15) is 0 Å². The lowest BCUT2D eigenvalue weighted by molar-refractivity contribution is -0.118. The second kappa shape index (κ2) is 8.54. The van der Waals surface area contributed by atoms with Gasteiger partial charge in [-0.1, -0.05) is 26.3 Å². The molecule has 0 aromatic heterocycles. The summed E-state index contributed by atoms with van der Waals surface area (Å²) in [6.45, 7) is 9.15. The van der Waals surface area contributed by atoms with Crippen molar-refractivity contribution < 1.29 is 9.59 Å². The highest BCUT2D eigenvalue weighted by Gasteiger charge is 2.20. The van der Waals surface area contributed by atoms with Gasteiger partial charge in [-0.3, -0.25) is 9.59 Å². The Morgan fingerprint density at radius 2 is 1.86 bits per heavy atom. The Labute approximate surface area is 132 Å². The molecule has 5 heteroatoms. The normalized spacial score (nSPS) is 13.3. The zero-order chi connectivity index (χ0) is 16.7. The number of hydrogen-bond acceptors (Lipinski definition) is 3. The van der Waals surface area contributed by atoms with Crippen molar-refractivity contribution in [2.75, 3.05) is 18.4 Å². The number of carbonyl (C=O) groups excluding carboxylic acids is 2. The van der Waals surface area contributed by atoms with Crippen molar-refractivity contribution in [1.82, 2.24) is 4.90 Å². The Morgan fingerprint density at radius 3 is 2.41 bits per heavy atom. The van der Waals surface area contributed by atoms with E-state index in [4.69, 9.17) is 5.73 Å². The molecule has 1 aromatic carbocycles. The van der Waals surface area contributed by atoms with Crippen LogP contribution < -0.4 is 11.1 Å². The predicted octanol–water partition coefficient (Wildman–Crippen LogP) is 2.48. The van der Waals surface area contributed by atoms with E-state index in [0.29, 0.717) is 24.3 Å². The van der Waals surface area contributed by atoms with Crippen molar-refractivity contribution in [3.63, 3.8) is 0 Å². The zero-order valence-corrected chi connectivity index (χ0v) is 13.9. The topological polar surface area (TPSA) is 75.4 Å². The number of hydrogen-bond donors (Lipinski definition) is 2. The van der Waals surface area contributed by atoms with E-state index >= 15 is 0 Å². The number of amides is 2. The standard InChI is InChI=1S/C17H27N3O2/c1-5-12(4)15(18)16(21)19-14-10-8-9-13(11-14)17(22)20(6-2)7-3/h8-12,15H,5-7,18H2,1-4H3,(H,19,21). The Morgan fingerprint density at radius 1 is 1.23 bits per heavy atom. The summed E-state index contributed by atoms with van der Waals surface area (Å²) in [6.07, 6.45) is 0.842. The third kappa shape index (κ3) is 4.56. The molecule has 0 heterocycles. The van der Waals surface area contributed by atoms with Crippen LogP contribution in [0.1, 0.15) is 44.5 Å². The highest BCUT2D eigenvalue weighted by atomic mass is 16.2. The summed E-state index contributed by atoms with van der Waals surface area (Å²) >= 11 is 0. The quantitative estimate of drug-likeness (QED) is 0.812. The fourth-order valence-corrected chi connectivity index (χ4v) is 2.16. The minimum absolute atomic E-state index is 0.0349. The van der Waals surface area contributed by atoms with Crippen LogP contribution in [0.2, 0.25) is 0 Å². The molecule has 0 aliphatic rings. The maximum atomic E-state index is 12.3. The number of nitrogens with zero attached hydrogens (tertiary/aromatic N) is 1. The molecule has 5 nitrogen and oxygen atoms in total. The smallest absolute Gasteiger partial charge is 0.253 e. The van der Waals surface area contributed by atoms with Gasteiger partial charge in [-0.15, -0.1) is 0 Å². The first-order valence-electron chi connectivity index (χ1n) is 7.90. The number of anilines is 1. The largest absolute Gasteiger partial charge is 0.339 e. The molecule has 122 valence electrons. The Balaban J connectivity index is 2.84. The average molecular weight is 305 g/mol. The summed E-state index contributed by atoms with van der Waals surface area (Å²) in [4.78, 5) is 26.2. The molecule has 2 amide bonds. The number of carbonyl (C=O) groups is 2. The molecule has 0 spiro atoms. The molecule has 0 bridgehead atoms. The number of rotatable bonds is 7. The number of nitrogens with two attached hydrogens (primary N) is 1. The fourth-order valence-electron chi connectivity index (χ4n) is 2.16. The van der Waals surface area contributed by atoms with Crippen molar-refractivity contribution in [2.45, 2.75) is 40.2 Å². The van der Waals surface area contributed by atoms with E-state index in [1.165, 1.54) is 0 Å². The van der Waals surface area contributed by atoms with Crippen LogP contribution in [0, 0.1) is 5.92 Å². The van der Waals surface area contributed by atoms with Crippen LogP contribution in [0.25, 0.3) is 0 Å². The first kappa shape index (κ1) is 18.2. The number of benzene rings is 1. The molecule has 0 saturated carbocycles. The van der Waals surface area contributed by atoms with Crippen molar-refractivity contribution in [3.8, 4) is 0 Å². The van der Waals surface area contributed by atoms with Crippen LogP contribution in [0.3, 0.4) is 0 Å². The maximum Gasteiger partial charge on any atom is 0.253 e. The van der Waals surface area contributed by atoms with Gasteiger partial charge in [-0.05, 0) is 38.0 Å². The predicted molar refractivity (Wildman–Crippen MR) is 89.8 cm³/mol. The summed E-state index contributed by atoms with van der Waals surface area (Å²) < 4.78 is 0. The molecule has 0 fully saturated rings. The minimum atomic E-state index is -0.549. The molecule has 2 atom stereocenters. The summed E-state index contributed by atoms with van der Waals surface area (Å²) in [7, 11) is 0. The van der Waals surface area contributed by atoms with Crippen LogP contribution in [0.15, 0.2) is 24.3 Å².